The molecule has 5 heteroatoms. The molecule has 0 aliphatic rings. The number of hydrogen-bond acceptors (Lipinski definition) is 3. The first-order valence-electron chi connectivity index (χ1n) is 3.51. The Hall–Kier alpha value is -1.91. The van der Waals surface area contributed by atoms with Crippen molar-refractivity contribution in [3.8, 4) is 0 Å². The Labute approximate surface area is 76.4 Å². The summed E-state index contributed by atoms with van der Waals surface area (Å²) in [5.41, 5.74) is -0.0649. The van der Waals surface area contributed by atoms with Gasteiger partial charge in [0.1, 0.15) is 5.84 Å². The zero-order chi connectivity index (χ0) is 10.3. The standard InChI is InChI=1S/C8H11N5/c1-3-4-5-7(10)8(11)13-12-6(2)9/h3-5,9-11H,1H2,2H3/b5-4-,9-6?,10-7?,11-8?,13-12?. The molecule has 0 aliphatic heterocycles. The van der Waals surface area contributed by atoms with Crippen molar-refractivity contribution in [1.29, 1.82) is 16.2 Å². The molecule has 0 aromatic carbocycles. The van der Waals surface area contributed by atoms with Crippen LogP contribution in [0.4, 0.5) is 0 Å². The smallest absolute Gasteiger partial charge is 0.192 e. The summed E-state index contributed by atoms with van der Waals surface area (Å²) in [5, 5.41) is 28.1. The molecule has 0 aromatic heterocycles. The number of allylic oxidation sites excluding steroid dienone is 2. The van der Waals surface area contributed by atoms with Crippen molar-refractivity contribution in [3.05, 3.63) is 24.8 Å². The lowest BCUT2D eigenvalue weighted by atomic mass is 10.3. The molecule has 0 aliphatic carbocycles. The highest BCUT2D eigenvalue weighted by Crippen LogP contribution is 1.87. The first-order valence-corrected chi connectivity index (χ1v) is 3.51. The maximum Gasteiger partial charge on any atom is 0.192 e. The van der Waals surface area contributed by atoms with Crippen LogP contribution in [0.15, 0.2) is 35.0 Å². The van der Waals surface area contributed by atoms with Crippen LogP contribution in [0.2, 0.25) is 0 Å². The van der Waals surface area contributed by atoms with Crippen LogP contribution in [0.1, 0.15) is 6.92 Å². The van der Waals surface area contributed by atoms with Gasteiger partial charge >= 0.3 is 0 Å². The second-order valence-electron chi connectivity index (χ2n) is 2.14. The predicted molar refractivity (Wildman–Crippen MR) is 53.0 cm³/mol. The van der Waals surface area contributed by atoms with Gasteiger partial charge in [0, 0.05) is 0 Å². The minimum atomic E-state index is -0.273. The van der Waals surface area contributed by atoms with Crippen molar-refractivity contribution in [1.82, 2.24) is 0 Å². The third-order valence-electron chi connectivity index (χ3n) is 0.954. The Kier molecular flexibility index (Phi) is 4.87. The fourth-order valence-electron chi connectivity index (χ4n) is 0.422. The third-order valence-corrected chi connectivity index (χ3v) is 0.954. The molecule has 0 rings (SSSR count). The van der Waals surface area contributed by atoms with Crippen molar-refractivity contribution in [3.63, 3.8) is 0 Å². The fraction of sp³-hybridized carbons (Fsp3) is 0.125. The van der Waals surface area contributed by atoms with E-state index in [1.165, 1.54) is 25.2 Å². The van der Waals surface area contributed by atoms with E-state index in [0.29, 0.717) is 0 Å². The van der Waals surface area contributed by atoms with Crippen LogP contribution >= 0.6 is 0 Å². The van der Waals surface area contributed by atoms with E-state index in [0.717, 1.165) is 0 Å². The third kappa shape index (κ3) is 5.37. The van der Waals surface area contributed by atoms with Gasteiger partial charge in [-0.25, -0.2) is 0 Å². The van der Waals surface area contributed by atoms with Gasteiger partial charge in [0.15, 0.2) is 5.84 Å². The van der Waals surface area contributed by atoms with Crippen molar-refractivity contribution in [2.75, 3.05) is 0 Å². The molecule has 0 heterocycles. The molecular formula is C8H11N5. The van der Waals surface area contributed by atoms with Crippen molar-refractivity contribution < 1.29 is 0 Å². The van der Waals surface area contributed by atoms with E-state index in [9.17, 15) is 0 Å². The number of amidine groups is 2. The van der Waals surface area contributed by atoms with Crippen molar-refractivity contribution >= 4 is 17.4 Å². The quantitative estimate of drug-likeness (QED) is 0.255. The minimum absolute atomic E-state index is 0.00486. The summed E-state index contributed by atoms with van der Waals surface area (Å²) in [6.45, 7) is 4.87. The topological polar surface area (TPSA) is 96.3 Å². The molecule has 0 radical (unpaired) electrons. The molecule has 0 fully saturated rings. The molecule has 0 saturated carbocycles. The van der Waals surface area contributed by atoms with Gasteiger partial charge in [-0.3, -0.25) is 16.2 Å². The first-order chi connectivity index (χ1) is 6.07. The van der Waals surface area contributed by atoms with Crippen LogP contribution in [0.25, 0.3) is 0 Å². The number of hydrogen-bond donors (Lipinski definition) is 3. The molecule has 0 atom stereocenters. The molecule has 13 heavy (non-hydrogen) atoms. The van der Waals surface area contributed by atoms with Crippen molar-refractivity contribution in [2.24, 2.45) is 10.2 Å². The average molecular weight is 177 g/mol. The predicted octanol–water partition coefficient (Wildman–Crippen LogP) is 2.18. The normalized spacial score (nSPS) is 10.5. The number of azo groups is 1. The molecule has 3 N–H and O–H groups in total. The van der Waals surface area contributed by atoms with E-state index in [2.05, 4.69) is 16.8 Å². The SMILES string of the molecule is C=C/C=C\C(=N)C(=N)N=NC(C)=N. The molecule has 0 amide bonds. The Morgan fingerprint density at radius 1 is 1.23 bits per heavy atom. The van der Waals surface area contributed by atoms with Gasteiger partial charge in [-0.15, -0.1) is 10.2 Å². The van der Waals surface area contributed by atoms with Crippen LogP contribution in [0.3, 0.4) is 0 Å². The Morgan fingerprint density at radius 3 is 2.31 bits per heavy atom. The first kappa shape index (κ1) is 11.1. The number of nitrogens with zero attached hydrogens (tertiary/aromatic N) is 2. The van der Waals surface area contributed by atoms with Gasteiger partial charge in [-0.2, -0.15) is 0 Å². The molecule has 5 nitrogen and oxygen atoms in total. The summed E-state index contributed by atoms with van der Waals surface area (Å²) < 4.78 is 0. The summed E-state index contributed by atoms with van der Waals surface area (Å²) in [4.78, 5) is 0. The molecule has 68 valence electrons. The van der Waals surface area contributed by atoms with Crippen LogP contribution in [-0.4, -0.2) is 17.4 Å². The Balaban J connectivity index is 4.28. The van der Waals surface area contributed by atoms with Gasteiger partial charge in [-0.1, -0.05) is 18.7 Å². The minimum Gasteiger partial charge on any atom is -0.297 e. The van der Waals surface area contributed by atoms with Gasteiger partial charge in [0.2, 0.25) is 0 Å². The zero-order valence-corrected chi connectivity index (χ0v) is 7.33. The van der Waals surface area contributed by atoms with E-state index >= 15 is 0 Å². The average Bonchev–Trinajstić information content (AvgIpc) is 2.10. The largest absolute Gasteiger partial charge is 0.297 e. The second-order valence-corrected chi connectivity index (χ2v) is 2.14. The highest BCUT2D eigenvalue weighted by Gasteiger charge is 1.97. The molecule has 0 unspecified atom stereocenters. The lowest BCUT2D eigenvalue weighted by Gasteiger charge is -1.90. The maximum atomic E-state index is 7.26. The van der Waals surface area contributed by atoms with Gasteiger partial charge in [0.25, 0.3) is 0 Å². The highest BCUT2D eigenvalue weighted by molar-refractivity contribution is 6.43. The van der Waals surface area contributed by atoms with Crippen LogP contribution < -0.4 is 0 Å². The molecule has 0 saturated heterocycles. The van der Waals surface area contributed by atoms with E-state index in [4.69, 9.17) is 16.2 Å². The summed E-state index contributed by atoms with van der Waals surface area (Å²) in [6, 6.07) is 0. The molecule has 0 spiro atoms. The van der Waals surface area contributed by atoms with Crippen molar-refractivity contribution in [2.45, 2.75) is 6.92 Å². The summed E-state index contributed by atoms with van der Waals surface area (Å²) in [7, 11) is 0. The van der Waals surface area contributed by atoms with E-state index in [-0.39, 0.29) is 17.4 Å². The van der Waals surface area contributed by atoms with Gasteiger partial charge < -0.3 is 0 Å². The second kappa shape index (κ2) is 5.70. The molecule has 0 aromatic rings. The van der Waals surface area contributed by atoms with E-state index < -0.39 is 0 Å². The Morgan fingerprint density at radius 2 is 1.85 bits per heavy atom. The lowest BCUT2D eigenvalue weighted by Crippen LogP contribution is -2.05. The maximum absolute atomic E-state index is 7.26. The molecule has 0 bridgehead atoms. The monoisotopic (exact) mass is 177 g/mol. The van der Waals surface area contributed by atoms with Gasteiger partial charge in [0.05, 0.1) is 5.71 Å². The Bertz CT molecular complexity index is 298. The molecular weight excluding hydrogens is 166 g/mol. The van der Waals surface area contributed by atoms with Crippen LogP contribution in [-0.2, 0) is 0 Å². The fourth-order valence-corrected chi connectivity index (χ4v) is 0.422. The summed E-state index contributed by atoms with van der Waals surface area (Å²) >= 11 is 0. The van der Waals surface area contributed by atoms with Crippen LogP contribution in [0.5, 0.6) is 0 Å². The van der Waals surface area contributed by atoms with E-state index in [1.807, 2.05) is 0 Å². The number of nitrogens with one attached hydrogen (secondary N) is 3. The lowest BCUT2D eigenvalue weighted by molar-refractivity contribution is 1.25. The number of rotatable bonds is 3. The van der Waals surface area contributed by atoms with Gasteiger partial charge in [-0.05, 0) is 13.0 Å². The summed E-state index contributed by atoms with van der Waals surface area (Å²) in [5.74, 6) is -0.269. The summed E-state index contributed by atoms with van der Waals surface area (Å²) in [6.07, 6.45) is 4.41. The highest BCUT2D eigenvalue weighted by atomic mass is 15.1. The van der Waals surface area contributed by atoms with E-state index in [1.54, 1.807) is 0 Å². The zero-order valence-electron chi connectivity index (χ0n) is 7.33. The van der Waals surface area contributed by atoms with Crippen LogP contribution in [0, 0.1) is 16.2 Å².